The minimum Gasteiger partial charge on any atom is -0.388 e. The Morgan fingerprint density at radius 3 is 2.82 bits per heavy atom. The van der Waals surface area contributed by atoms with Crippen LogP contribution in [0.1, 0.15) is 22.3 Å². The maximum atomic E-state index is 9.46. The summed E-state index contributed by atoms with van der Waals surface area (Å²) in [5, 5.41) is 9.46. The molecule has 0 aliphatic heterocycles. The van der Waals surface area contributed by atoms with Crippen LogP contribution in [0.15, 0.2) is 12.1 Å². The Bertz CT molecular complexity index is 222. The molecule has 0 aliphatic carbocycles. The molecule has 1 aromatic rings. The predicted octanol–water partition coefficient (Wildman–Crippen LogP) is 1.44. The van der Waals surface area contributed by atoms with Crippen LogP contribution >= 0.6 is 11.3 Å². The van der Waals surface area contributed by atoms with Crippen molar-refractivity contribution in [3.8, 4) is 0 Å². The fourth-order valence-corrected chi connectivity index (χ4v) is 1.83. The van der Waals surface area contributed by atoms with E-state index in [1.54, 1.807) is 11.3 Å². The zero-order chi connectivity index (χ0) is 8.27. The van der Waals surface area contributed by atoms with Gasteiger partial charge >= 0.3 is 0 Å². The van der Waals surface area contributed by atoms with E-state index in [4.69, 9.17) is 5.73 Å². The summed E-state index contributed by atoms with van der Waals surface area (Å²) in [4.78, 5) is 2.25. The quantitative estimate of drug-likeness (QED) is 0.723. The van der Waals surface area contributed by atoms with Crippen LogP contribution in [-0.2, 0) is 0 Å². The van der Waals surface area contributed by atoms with E-state index in [0.717, 1.165) is 4.88 Å². The maximum Gasteiger partial charge on any atom is 0.0894 e. The zero-order valence-corrected chi connectivity index (χ0v) is 7.40. The summed E-state index contributed by atoms with van der Waals surface area (Å²) in [6.45, 7) is 2.57. The average molecular weight is 171 g/mol. The van der Waals surface area contributed by atoms with Gasteiger partial charge in [0, 0.05) is 9.75 Å². The predicted molar refractivity (Wildman–Crippen MR) is 47.7 cm³/mol. The smallest absolute Gasteiger partial charge is 0.0894 e. The molecule has 3 heteroatoms. The lowest BCUT2D eigenvalue weighted by atomic mass is 10.2. The van der Waals surface area contributed by atoms with Crippen molar-refractivity contribution in [3.63, 3.8) is 0 Å². The number of hydrogen-bond acceptors (Lipinski definition) is 3. The minimum absolute atomic E-state index is 0.362. The van der Waals surface area contributed by atoms with Gasteiger partial charge in [-0.05, 0) is 32.0 Å². The van der Waals surface area contributed by atoms with Crippen LogP contribution in [-0.4, -0.2) is 11.7 Å². The van der Waals surface area contributed by atoms with Crippen molar-refractivity contribution >= 4 is 11.3 Å². The molecule has 0 bridgehead atoms. The molecule has 0 amide bonds. The van der Waals surface area contributed by atoms with Gasteiger partial charge < -0.3 is 10.8 Å². The molecule has 0 saturated heterocycles. The second-order valence-corrected chi connectivity index (χ2v) is 3.86. The van der Waals surface area contributed by atoms with Crippen LogP contribution < -0.4 is 5.73 Å². The lowest BCUT2D eigenvalue weighted by Gasteiger charge is -2.04. The highest BCUT2D eigenvalue weighted by Gasteiger charge is 2.07. The lowest BCUT2D eigenvalue weighted by molar-refractivity contribution is 0.174. The summed E-state index contributed by atoms with van der Waals surface area (Å²) in [5.74, 6) is 0. The van der Waals surface area contributed by atoms with Crippen molar-refractivity contribution < 1.29 is 5.11 Å². The zero-order valence-electron chi connectivity index (χ0n) is 6.58. The van der Waals surface area contributed by atoms with Gasteiger partial charge in [-0.3, -0.25) is 0 Å². The molecular weight excluding hydrogens is 158 g/mol. The van der Waals surface area contributed by atoms with Gasteiger partial charge in [-0.1, -0.05) is 0 Å². The van der Waals surface area contributed by atoms with E-state index in [9.17, 15) is 5.11 Å². The standard InChI is InChI=1S/C8H13NOS/c1-6-2-3-8(11-6)7(10)4-5-9/h2-3,7,10H,4-5,9H2,1H3/t7-/m0/s1. The number of aliphatic hydroxyl groups excluding tert-OH is 1. The van der Waals surface area contributed by atoms with E-state index in [2.05, 4.69) is 0 Å². The summed E-state index contributed by atoms with van der Waals surface area (Å²) in [7, 11) is 0. The molecule has 0 fully saturated rings. The molecule has 11 heavy (non-hydrogen) atoms. The minimum atomic E-state index is -0.362. The molecule has 0 saturated carbocycles. The van der Waals surface area contributed by atoms with Crippen molar-refractivity contribution in [2.45, 2.75) is 19.4 Å². The first-order valence-corrected chi connectivity index (χ1v) is 4.50. The van der Waals surface area contributed by atoms with Crippen molar-refractivity contribution in [3.05, 3.63) is 21.9 Å². The summed E-state index contributed by atoms with van der Waals surface area (Å²) in [5.41, 5.74) is 5.32. The molecule has 0 spiro atoms. The van der Waals surface area contributed by atoms with Gasteiger partial charge in [0.15, 0.2) is 0 Å². The Morgan fingerprint density at radius 1 is 1.64 bits per heavy atom. The Balaban J connectivity index is 2.60. The van der Waals surface area contributed by atoms with E-state index in [1.165, 1.54) is 4.88 Å². The topological polar surface area (TPSA) is 46.2 Å². The molecule has 0 aromatic carbocycles. The maximum absolute atomic E-state index is 9.46. The molecule has 1 atom stereocenters. The molecule has 62 valence electrons. The van der Waals surface area contributed by atoms with Crippen molar-refractivity contribution in [1.82, 2.24) is 0 Å². The first-order valence-electron chi connectivity index (χ1n) is 3.68. The Kier molecular flexibility index (Phi) is 3.05. The van der Waals surface area contributed by atoms with Gasteiger partial charge in [0.05, 0.1) is 6.10 Å². The number of thiophene rings is 1. The van der Waals surface area contributed by atoms with Gasteiger partial charge in [0.2, 0.25) is 0 Å². The van der Waals surface area contributed by atoms with Gasteiger partial charge in [-0.15, -0.1) is 11.3 Å². The molecule has 1 aromatic heterocycles. The number of rotatable bonds is 3. The van der Waals surface area contributed by atoms with E-state index >= 15 is 0 Å². The fourth-order valence-electron chi connectivity index (χ4n) is 0.933. The van der Waals surface area contributed by atoms with Crippen LogP contribution in [0.2, 0.25) is 0 Å². The van der Waals surface area contributed by atoms with Crippen LogP contribution in [0.25, 0.3) is 0 Å². The first-order chi connectivity index (χ1) is 5.24. The highest BCUT2D eigenvalue weighted by Crippen LogP contribution is 2.24. The van der Waals surface area contributed by atoms with E-state index < -0.39 is 0 Å². The number of aryl methyl sites for hydroxylation is 1. The molecule has 3 N–H and O–H groups in total. The van der Waals surface area contributed by atoms with E-state index in [-0.39, 0.29) is 6.10 Å². The number of nitrogens with two attached hydrogens (primary N) is 1. The second-order valence-electron chi connectivity index (χ2n) is 2.54. The Labute approximate surface area is 70.7 Å². The molecule has 0 aliphatic rings. The van der Waals surface area contributed by atoms with Gasteiger partial charge in [0.1, 0.15) is 0 Å². The molecule has 0 unspecified atom stereocenters. The molecule has 2 nitrogen and oxygen atoms in total. The summed E-state index contributed by atoms with van der Waals surface area (Å²) in [6.07, 6.45) is 0.290. The highest BCUT2D eigenvalue weighted by atomic mass is 32.1. The van der Waals surface area contributed by atoms with Crippen molar-refractivity contribution in [2.75, 3.05) is 6.54 Å². The van der Waals surface area contributed by atoms with Crippen LogP contribution in [0, 0.1) is 6.92 Å². The Hall–Kier alpha value is -0.380. The number of hydrogen-bond donors (Lipinski definition) is 2. The van der Waals surface area contributed by atoms with Crippen molar-refractivity contribution in [1.29, 1.82) is 0 Å². The molecule has 0 radical (unpaired) electrons. The van der Waals surface area contributed by atoms with Crippen LogP contribution in [0.3, 0.4) is 0 Å². The van der Waals surface area contributed by atoms with Crippen molar-refractivity contribution in [2.24, 2.45) is 5.73 Å². The van der Waals surface area contributed by atoms with Gasteiger partial charge in [-0.2, -0.15) is 0 Å². The first kappa shape index (κ1) is 8.71. The summed E-state index contributed by atoms with van der Waals surface area (Å²) >= 11 is 1.63. The number of aliphatic hydroxyl groups is 1. The fraction of sp³-hybridized carbons (Fsp3) is 0.500. The van der Waals surface area contributed by atoms with Crippen LogP contribution in [0.5, 0.6) is 0 Å². The third-order valence-corrected chi connectivity index (χ3v) is 2.63. The van der Waals surface area contributed by atoms with E-state index in [0.29, 0.717) is 13.0 Å². The van der Waals surface area contributed by atoms with Gasteiger partial charge in [-0.25, -0.2) is 0 Å². The van der Waals surface area contributed by atoms with E-state index in [1.807, 2.05) is 19.1 Å². The normalized spacial score (nSPS) is 13.4. The SMILES string of the molecule is Cc1ccc([C@@H](O)CCN)s1. The monoisotopic (exact) mass is 171 g/mol. The largest absolute Gasteiger partial charge is 0.388 e. The van der Waals surface area contributed by atoms with Crippen LogP contribution in [0.4, 0.5) is 0 Å². The Morgan fingerprint density at radius 2 is 2.36 bits per heavy atom. The molecule has 1 heterocycles. The third kappa shape index (κ3) is 2.29. The third-order valence-electron chi connectivity index (χ3n) is 1.53. The molecular formula is C8H13NOS. The summed E-state index contributed by atoms with van der Waals surface area (Å²) < 4.78 is 0. The van der Waals surface area contributed by atoms with Gasteiger partial charge in [0.25, 0.3) is 0 Å². The molecule has 1 rings (SSSR count). The lowest BCUT2D eigenvalue weighted by Crippen LogP contribution is -2.05. The average Bonchev–Trinajstić information content (AvgIpc) is 2.36. The summed E-state index contributed by atoms with van der Waals surface area (Å²) in [6, 6.07) is 3.97. The highest BCUT2D eigenvalue weighted by molar-refractivity contribution is 7.11. The second kappa shape index (κ2) is 3.85.